The normalized spacial score (nSPS) is 16.7. The second kappa shape index (κ2) is 9.83. The van der Waals surface area contributed by atoms with Crippen molar-refractivity contribution in [1.29, 1.82) is 5.26 Å². The third-order valence-electron chi connectivity index (χ3n) is 4.88. The molecule has 0 bridgehead atoms. The summed E-state index contributed by atoms with van der Waals surface area (Å²) in [6.07, 6.45) is 2.18. The first-order valence-electron chi connectivity index (χ1n) is 9.81. The lowest BCUT2D eigenvalue weighted by atomic mass is 10.2. The van der Waals surface area contributed by atoms with E-state index < -0.39 is 5.25 Å². The molecule has 160 valence electrons. The van der Waals surface area contributed by atoms with Crippen molar-refractivity contribution in [3.8, 4) is 16.8 Å². The van der Waals surface area contributed by atoms with Gasteiger partial charge in [-0.15, -0.1) is 21.5 Å². The van der Waals surface area contributed by atoms with Gasteiger partial charge in [0.1, 0.15) is 6.07 Å². The Morgan fingerprint density at radius 2 is 2.35 bits per heavy atom. The number of thiophene rings is 1. The van der Waals surface area contributed by atoms with E-state index in [-0.39, 0.29) is 12.0 Å². The standard InChI is InChI=1S/C21H20ClN5O2S2/c1-13(20(28)24-15-7-6-14(11-23)17(22)10-15)31-21-26-25-19(18-5-3-9-30-18)27(21)12-16-4-2-8-29-16/h3,5-7,9-10,13,16H,2,4,8,12H2,1H3,(H,24,28). The van der Waals surface area contributed by atoms with Crippen LogP contribution >= 0.6 is 34.7 Å². The van der Waals surface area contributed by atoms with Crippen molar-refractivity contribution in [1.82, 2.24) is 14.8 Å². The highest BCUT2D eigenvalue weighted by molar-refractivity contribution is 8.00. The Kier molecular flexibility index (Phi) is 6.92. The van der Waals surface area contributed by atoms with E-state index in [2.05, 4.69) is 20.1 Å². The number of benzene rings is 1. The summed E-state index contributed by atoms with van der Waals surface area (Å²) in [5, 5.41) is 23.2. The number of halogens is 1. The second-order valence-corrected chi connectivity index (χ2v) is 9.75. The minimum atomic E-state index is -0.418. The summed E-state index contributed by atoms with van der Waals surface area (Å²) in [5.74, 6) is 0.606. The third-order valence-corrected chi connectivity index (χ3v) is 7.14. The number of anilines is 1. The molecule has 1 aromatic carbocycles. The van der Waals surface area contributed by atoms with Crippen LogP contribution in [0.15, 0.2) is 40.9 Å². The largest absolute Gasteiger partial charge is 0.376 e. The Labute approximate surface area is 193 Å². The van der Waals surface area contributed by atoms with Gasteiger partial charge in [0.2, 0.25) is 5.91 Å². The second-order valence-electron chi connectivity index (χ2n) is 7.08. The molecule has 1 fully saturated rings. The average molecular weight is 474 g/mol. The van der Waals surface area contributed by atoms with Crippen LogP contribution in [0, 0.1) is 11.3 Å². The van der Waals surface area contributed by atoms with E-state index in [1.165, 1.54) is 11.8 Å². The first kappa shape index (κ1) is 21.8. The lowest BCUT2D eigenvalue weighted by Crippen LogP contribution is -2.23. The van der Waals surface area contributed by atoms with Gasteiger partial charge in [0.25, 0.3) is 0 Å². The van der Waals surface area contributed by atoms with Crippen molar-refractivity contribution in [2.45, 2.75) is 42.8 Å². The molecule has 10 heteroatoms. The Hall–Kier alpha value is -2.38. The molecular formula is C21H20ClN5O2S2. The lowest BCUT2D eigenvalue weighted by molar-refractivity contribution is -0.115. The molecule has 1 N–H and O–H groups in total. The zero-order chi connectivity index (χ0) is 21.8. The monoisotopic (exact) mass is 473 g/mol. The molecule has 31 heavy (non-hydrogen) atoms. The summed E-state index contributed by atoms with van der Waals surface area (Å²) in [6, 6.07) is 10.8. The van der Waals surface area contributed by atoms with E-state index in [1.54, 1.807) is 29.5 Å². The quantitative estimate of drug-likeness (QED) is 0.494. The minimum Gasteiger partial charge on any atom is -0.376 e. The van der Waals surface area contributed by atoms with E-state index in [1.807, 2.05) is 30.5 Å². The first-order chi connectivity index (χ1) is 15.0. The van der Waals surface area contributed by atoms with Gasteiger partial charge in [0, 0.05) is 12.3 Å². The number of hydrogen-bond acceptors (Lipinski definition) is 7. The molecule has 7 nitrogen and oxygen atoms in total. The molecule has 1 aliphatic rings. The van der Waals surface area contributed by atoms with Gasteiger partial charge >= 0.3 is 0 Å². The van der Waals surface area contributed by atoms with Gasteiger partial charge in [-0.2, -0.15) is 5.26 Å². The molecule has 2 atom stereocenters. The van der Waals surface area contributed by atoms with Crippen LogP contribution in [-0.2, 0) is 16.1 Å². The van der Waals surface area contributed by atoms with Crippen molar-refractivity contribution in [3.05, 3.63) is 46.3 Å². The van der Waals surface area contributed by atoms with Crippen LogP contribution < -0.4 is 5.32 Å². The number of nitrogens with zero attached hydrogens (tertiary/aromatic N) is 4. The van der Waals surface area contributed by atoms with Gasteiger partial charge < -0.3 is 10.1 Å². The van der Waals surface area contributed by atoms with Crippen molar-refractivity contribution in [3.63, 3.8) is 0 Å². The topological polar surface area (TPSA) is 92.8 Å². The molecular weight excluding hydrogens is 454 g/mol. The molecule has 1 amide bonds. The zero-order valence-corrected chi connectivity index (χ0v) is 19.1. The van der Waals surface area contributed by atoms with Crippen molar-refractivity contribution in [2.24, 2.45) is 0 Å². The summed E-state index contributed by atoms with van der Waals surface area (Å²) in [7, 11) is 0. The molecule has 3 aromatic rings. The van der Waals surface area contributed by atoms with Crippen molar-refractivity contribution >= 4 is 46.3 Å². The van der Waals surface area contributed by atoms with Gasteiger partial charge in [-0.3, -0.25) is 9.36 Å². The highest BCUT2D eigenvalue weighted by atomic mass is 35.5. The number of hydrogen-bond donors (Lipinski definition) is 1. The molecule has 4 rings (SSSR count). The van der Waals surface area contributed by atoms with E-state index in [9.17, 15) is 4.79 Å². The molecule has 0 radical (unpaired) electrons. The fraction of sp³-hybridized carbons (Fsp3) is 0.333. The van der Waals surface area contributed by atoms with Gasteiger partial charge in [-0.25, -0.2) is 0 Å². The fourth-order valence-corrected chi connectivity index (χ4v) is 5.06. The van der Waals surface area contributed by atoms with Gasteiger partial charge in [-0.1, -0.05) is 29.4 Å². The van der Waals surface area contributed by atoms with Crippen molar-refractivity contribution < 1.29 is 9.53 Å². The molecule has 1 saturated heterocycles. The molecule has 2 unspecified atom stereocenters. The van der Waals surface area contributed by atoms with E-state index >= 15 is 0 Å². The van der Waals surface area contributed by atoms with Crippen molar-refractivity contribution in [2.75, 3.05) is 11.9 Å². The SMILES string of the molecule is CC(Sc1nnc(-c2cccs2)n1CC1CCCO1)C(=O)Nc1ccc(C#N)c(Cl)c1. The maximum absolute atomic E-state index is 12.8. The van der Waals surface area contributed by atoms with Gasteiger partial charge in [0.05, 0.1) is 33.4 Å². The Morgan fingerprint density at radius 1 is 1.48 bits per heavy atom. The van der Waals surface area contributed by atoms with Gasteiger partial charge in [0.15, 0.2) is 11.0 Å². The van der Waals surface area contributed by atoms with E-state index in [0.29, 0.717) is 28.0 Å². The number of aromatic nitrogens is 3. The Morgan fingerprint density at radius 3 is 3.03 bits per heavy atom. The summed E-state index contributed by atoms with van der Waals surface area (Å²) < 4.78 is 7.87. The number of carbonyl (C=O) groups excluding carboxylic acids is 1. The number of carbonyl (C=O) groups is 1. The lowest BCUT2D eigenvalue weighted by Gasteiger charge is -2.16. The number of nitriles is 1. The first-order valence-corrected chi connectivity index (χ1v) is 11.9. The molecule has 2 aromatic heterocycles. The Bertz CT molecular complexity index is 1100. The summed E-state index contributed by atoms with van der Waals surface area (Å²) in [4.78, 5) is 13.8. The number of thioether (sulfide) groups is 1. The maximum atomic E-state index is 12.8. The van der Waals surface area contributed by atoms with Crippen LogP contribution in [0.5, 0.6) is 0 Å². The fourth-order valence-electron chi connectivity index (χ4n) is 3.26. The van der Waals surface area contributed by atoms with Crippen LogP contribution in [0.3, 0.4) is 0 Å². The van der Waals surface area contributed by atoms with Crippen LogP contribution in [-0.4, -0.2) is 38.6 Å². The van der Waals surface area contributed by atoms with E-state index in [0.717, 1.165) is 30.2 Å². The van der Waals surface area contributed by atoms with E-state index in [4.69, 9.17) is 21.6 Å². The zero-order valence-electron chi connectivity index (χ0n) is 16.7. The summed E-state index contributed by atoms with van der Waals surface area (Å²) in [6.45, 7) is 3.25. The Balaban J connectivity index is 1.50. The molecule has 0 spiro atoms. The molecule has 3 heterocycles. The van der Waals surface area contributed by atoms with Crippen LogP contribution in [0.1, 0.15) is 25.3 Å². The summed E-state index contributed by atoms with van der Waals surface area (Å²) in [5.41, 5.74) is 0.909. The van der Waals surface area contributed by atoms with Crippen LogP contribution in [0.25, 0.3) is 10.7 Å². The highest BCUT2D eigenvalue weighted by Gasteiger charge is 2.25. The third kappa shape index (κ3) is 5.10. The maximum Gasteiger partial charge on any atom is 0.237 e. The molecule has 1 aliphatic heterocycles. The van der Waals surface area contributed by atoms with Gasteiger partial charge in [-0.05, 0) is 49.4 Å². The molecule has 0 aliphatic carbocycles. The van der Waals surface area contributed by atoms with Crippen LogP contribution in [0.4, 0.5) is 5.69 Å². The smallest absolute Gasteiger partial charge is 0.237 e. The molecule has 0 saturated carbocycles. The number of ether oxygens (including phenoxy) is 1. The van der Waals surface area contributed by atoms with Crippen LogP contribution in [0.2, 0.25) is 5.02 Å². The number of amides is 1. The summed E-state index contributed by atoms with van der Waals surface area (Å²) >= 11 is 9.02. The predicted octanol–water partition coefficient (Wildman–Crippen LogP) is 4.83. The minimum absolute atomic E-state index is 0.124. The average Bonchev–Trinajstić information content (AvgIpc) is 3.51. The number of nitrogens with one attached hydrogen (secondary N) is 1. The number of rotatable bonds is 7. The predicted molar refractivity (Wildman–Crippen MR) is 122 cm³/mol. The highest BCUT2D eigenvalue weighted by Crippen LogP contribution is 2.31.